The van der Waals surface area contributed by atoms with Crippen molar-refractivity contribution >= 4 is 5.97 Å². The molecule has 0 atom stereocenters. The quantitative estimate of drug-likeness (QED) is 0.565. The van der Waals surface area contributed by atoms with Gasteiger partial charge in [-0.15, -0.1) is 0 Å². The van der Waals surface area contributed by atoms with Crippen molar-refractivity contribution in [2.75, 3.05) is 13.2 Å². The van der Waals surface area contributed by atoms with Crippen LogP contribution in [0.15, 0.2) is 6.07 Å². The van der Waals surface area contributed by atoms with E-state index in [1.165, 1.54) is 5.69 Å². The third-order valence-corrected chi connectivity index (χ3v) is 2.63. The molecule has 0 aromatic carbocycles. The first-order chi connectivity index (χ1) is 8.67. The molecule has 102 valence electrons. The zero-order valence-corrected chi connectivity index (χ0v) is 11.5. The summed E-state index contributed by atoms with van der Waals surface area (Å²) >= 11 is 0. The Morgan fingerprint density at radius 3 is 2.94 bits per heavy atom. The van der Waals surface area contributed by atoms with Crippen molar-refractivity contribution in [3.05, 3.63) is 17.5 Å². The predicted molar refractivity (Wildman–Crippen MR) is 70.2 cm³/mol. The summed E-state index contributed by atoms with van der Waals surface area (Å²) in [4.78, 5) is 11.1. The highest BCUT2D eigenvalue weighted by Crippen LogP contribution is 2.03. The Hall–Kier alpha value is -1.36. The molecule has 18 heavy (non-hydrogen) atoms. The van der Waals surface area contributed by atoms with E-state index < -0.39 is 0 Å². The molecule has 1 N–H and O–H groups in total. The van der Waals surface area contributed by atoms with Crippen LogP contribution in [-0.4, -0.2) is 28.9 Å². The Kier molecular flexibility index (Phi) is 6.43. The lowest BCUT2D eigenvalue weighted by Gasteiger charge is -2.06. The van der Waals surface area contributed by atoms with Crippen LogP contribution in [0.5, 0.6) is 0 Å². The van der Waals surface area contributed by atoms with Crippen LogP contribution in [0.25, 0.3) is 0 Å². The fourth-order valence-corrected chi connectivity index (χ4v) is 1.82. The largest absolute Gasteiger partial charge is 0.466 e. The van der Waals surface area contributed by atoms with Gasteiger partial charge in [0, 0.05) is 19.5 Å². The molecule has 0 aliphatic heterocycles. The number of carbonyl (C=O) groups is 1. The zero-order chi connectivity index (χ0) is 13.4. The summed E-state index contributed by atoms with van der Waals surface area (Å²) in [7, 11) is 0. The third kappa shape index (κ3) is 4.87. The van der Waals surface area contributed by atoms with Crippen LogP contribution in [0.4, 0.5) is 0 Å². The van der Waals surface area contributed by atoms with Gasteiger partial charge in [-0.1, -0.05) is 0 Å². The van der Waals surface area contributed by atoms with Crippen molar-refractivity contribution in [3.8, 4) is 0 Å². The Labute approximate surface area is 109 Å². The molecule has 5 heteroatoms. The summed E-state index contributed by atoms with van der Waals surface area (Å²) < 4.78 is 6.86. The minimum absolute atomic E-state index is 0.117. The van der Waals surface area contributed by atoms with Crippen LogP contribution in [0, 0.1) is 6.92 Å². The number of nitrogens with zero attached hydrogens (tertiary/aromatic N) is 2. The number of ether oxygens (including phenoxy) is 1. The zero-order valence-electron chi connectivity index (χ0n) is 11.5. The minimum Gasteiger partial charge on any atom is -0.466 e. The first kappa shape index (κ1) is 14.7. The van der Waals surface area contributed by atoms with E-state index in [2.05, 4.69) is 23.4 Å². The van der Waals surface area contributed by atoms with Crippen molar-refractivity contribution in [3.63, 3.8) is 0 Å². The number of aromatic nitrogens is 2. The fraction of sp³-hybridized carbons (Fsp3) is 0.692. The molecule has 1 heterocycles. The molecule has 0 aliphatic rings. The van der Waals surface area contributed by atoms with Crippen LogP contribution in [0.1, 0.15) is 38.1 Å². The molecule has 1 rings (SSSR count). The highest BCUT2D eigenvalue weighted by molar-refractivity contribution is 5.69. The first-order valence-corrected chi connectivity index (χ1v) is 6.57. The molecule has 0 saturated heterocycles. The molecule has 0 saturated carbocycles. The molecule has 5 nitrogen and oxygen atoms in total. The monoisotopic (exact) mass is 253 g/mol. The molecule has 0 spiro atoms. The number of esters is 1. The number of hydrogen-bond donors (Lipinski definition) is 1. The van der Waals surface area contributed by atoms with E-state index in [-0.39, 0.29) is 5.97 Å². The molecule has 0 bridgehead atoms. The maximum atomic E-state index is 11.1. The van der Waals surface area contributed by atoms with Crippen LogP contribution in [-0.2, 0) is 22.6 Å². The van der Waals surface area contributed by atoms with Crippen LogP contribution >= 0.6 is 0 Å². The van der Waals surface area contributed by atoms with Gasteiger partial charge in [-0.3, -0.25) is 9.48 Å². The second kappa shape index (κ2) is 7.87. The average Bonchev–Trinajstić information content (AvgIpc) is 2.69. The standard InChI is InChI=1S/C13H23N3O2/c1-4-16-12(9-11(3)15-16)10-14-8-6-7-13(17)18-5-2/h9,14H,4-8,10H2,1-3H3. The number of aryl methyl sites for hydroxylation is 2. The van der Waals surface area contributed by atoms with Gasteiger partial charge >= 0.3 is 5.97 Å². The van der Waals surface area contributed by atoms with Crippen LogP contribution in [0.3, 0.4) is 0 Å². The summed E-state index contributed by atoms with van der Waals surface area (Å²) in [6, 6.07) is 2.09. The highest BCUT2D eigenvalue weighted by atomic mass is 16.5. The van der Waals surface area contributed by atoms with E-state index in [1.54, 1.807) is 0 Å². The van der Waals surface area contributed by atoms with Gasteiger partial charge in [0.2, 0.25) is 0 Å². The molecule has 0 aliphatic carbocycles. The Morgan fingerprint density at radius 1 is 1.50 bits per heavy atom. The lowest BCUT2D eigenvalue weighted by Crippen LogP contribution is -2.18. The van der Waals surface area contributed by atoms with E-state index >= 15 is 0 Å². The van der Waals surface area contributed by atoms with Crippen molar-refractivity contribution < 1.29 is 9.53 Å². The van der Waals surface area contributed by atoms with Gasteiger partial charge in [-0.25, -0.2) is 0 Å². The van der Waals surface area contributed by atoms with Crippen LogP contribution in [0.2, 0.25) is 0 Å². The molecule has 0 amide bonds. The number of carbonyl (C=O) groups excluding carboxylic acids is 1. The molecule has 0 fully saturated rings. The van der Waals surface area contributed by atoms with Crippen molar-refractivity contribution in [1.82, 2.24) is 15.1 Å². The number of hydrogen-bond acceptors (Lipinski definition) is 4. The topological polar surface area (TPSA) is 56.1 Å². The van der Waals surface area contributed by atoms with Gasteiger partial charge < -0.3 is 10.1 Å². The third-order valence-electron chi connectivity index (χ3n) is 2.63. The lowest BCUT2D eigenvalue weighted by atomic mass is 10.3. The molecule has 0 unspecified atom stereocenters. The fourth-order valence-electron chi connectivity index (χ4n) is 1.82. The van der Waals surface area contributed by atoms with Gasteiger partial charge in [0.25, 0.3) is 0 Å². The SMILES string of the molecule is CCOC(=O)CCCNCc1cc(C)nn1CC. The molecule has 0 radical (unpaired) electrons. The maximum absolute atomic E-state index is 11.1. The molecular weight excluding hydrogens is 230 g/mol. The summed E-state index contributed by atoms with van der Waals surface area (Å²) in [5.74, 6) is -0.117. The normalized spacial score (nSPS) is 10.6. The Morgan fingerprint density at radius 2 is 2.28 bits per heavy atom. The van der Waals surface area contributed by atoms with E-state index in [4.69, 9.17) is 4.74 Å². The lowest BCUT2D eigenvalue weighted by molar-refractivity contribution is -0.143. The molecule has 1 aromatic heterocycles. The van der Waals surface area contributed by atoms with Crippen LogP contribution < -0.4 is 5.32 Å². The smallest absolute Gasteiger partial charge is 0.305 e. The van der Waals surface area contributed by atoms with E-state index in [0.29, 0.717) is 13.0 Å². The molecular formula is C13H23N3O2. The second-order valence-electron chi connectivity index (χ2n) is 4.18. The van der Waals surface area contributed by atoms with E-state index in [9.17, 15) is 4.79 Å². The van der Waals surface area contributed by atoms with Gasteiger partial charge in [0.1, 0.15) is 0 Å². The predicted octanol–water partition coefficient (Wildman–Crippen LogP) is 1.64. The highest BCUT2D eigenvalue weighted by Gasteiger charge is 2.04. The number of nitrogens with one attached hydrogen (secondary N) is 1. The second-order valence-corrected chi connectivity index (χ2v) is 4.18. The van der Waals surface area contributed by atoms with Gasteiger partial charge in [0.15, 0.2) is 0 Å². The summed E-state index contributed by atoms with van der Waals surface area (Å²) in [6.07, 6.45) is 1.28. The van der Waals surface area contributed by atoms with Crippen molar-refractivity contribution in [2.45, 2.75) is 46.7 Å². The van der Waals surface area contributed by atoms with Gasteiger partial charge in [-0.05, 0) is 39.8 Å². The minimum atomic E-state index is -0.117. The average molecular weight is 253 g/mol. The number of rotatable bonds is 8. The molecule has 1 aromatic rings. The van der Waals surface area contributed by atoms with Gasteiger partial charge in [-0.2, -0.15) is 5.10 Å². The summed E-state index contributed by atoms with van der Waals surface area (Å²) in [5.41, 5.74) is 2.23. The van der Waals surface area contributed by atoms with Gasteiger partial charge in [0.05, 0.1) is 18.0 Å². The summed E-state index contributed by atoms with van der Waals surface area (Å²) in [5, 5.41) is 7.70. The summed E-state index contributed by atoms with van der Waals surface area (Å²) in [6.45, 7) is 8.84. The van der Waals surface area contributed by atoms with E-state index in [0.717, 1.165) is 31.7 Å². The first-order valence-electron chi connectivity index (χ1n) is 6.57. The maximum Gasteiger partial charge on any atom is 0.305 e. The Balaban J connectivity index is 2.19. The van der Waals surface area contributed by atoms with Crippen molar-refractivity contribution in [2.24, 2.45) is 0 Å². The Bertz CT molecular complexity index is 374. The van der Waals surface area contributed by atoms with Crippen molar-refractivity contribution in [1.29, 1.82) is 0 Å². The van der Waals surface area contributed by atoms with E-state index in [1.807, 2.05) is 18.5 Å².